The molecule has 0 spiro atoms. The number of nitrogens with zero attached hydrogens (tertiary/aromatic N) is 3. The van der Waals surface area contributed by atoms with Gasteiger partial charge in [-0.25, -0.2) is 0 Å². The maximum atomic E-state index is 12.1. The van der Waals surface area contributed by atoms with Crippen LogP contribution in [0.3, 0.4) is 0 Å². The van der Waals surface area contributed by atoms with Crippen molar-refractivity contribution in [2.45, 2.75) is 19.6 Å². The van der Waals surface area contributed by atoms with E-state index >= 15 is 0 Å². The Labute approximate surface area is 193 Å². The van der Waals surface area contributed by atoms with E-state index in [1.54, 1.807) is 31.2 Å². The zero-order chi connectivity index (χ0) is 23.4. The largest absolute Gasteiger partial charge is 0.470 e. The first-order chi connectivity index (χ1) is 16.0. The number of amides is 1. The molecule has 0 aliphatic rings. The Morgan fingerprint density at radius 3 is 2.67 bits per heavy atom. The number of pyridine rings is 1. The molecule has 168 valence electrons. The van der Waals surface area contributed by atoms with Crippen molar-refractivity contribution in [3.8, 4) is 5.88 Å². The van der Waals surface area contributed by atoms with Gasteiger partial charge in [0.25, 0.3) is 5.91 Å². The normalized spacial score (nSPS) is 11.8. The molecular weight excluding hydrogens is 440 g/mol. The first-order valence-electron chi connectivity index (χ1n) is 10.2. The summed E-state index contributed by atoms with van der Waals surface area (Å²) in [5, 5.41) is 38.2. The molecular formula is C23H22N6O3S. The minimum absolute atomic E-state index is 0.0856. The molecule has 4 rings (SSSR count). The van der Waals surface area contributed by atoms with Crippen molar-refractivity contribution >= 4 is 33.9 Å². The Morgan fingerprint density at radius 2 is 2.00 bits per heavy atom. The molecule has 1 aromatic carbocycles. The summed E-state index contributed by atoms with van der Waals surface area (Å²) in [6.07, 6.45) is 1.45. The number of ether oxygens (including phenoxy) is 1. The second-order valence-electron chi connectivity index (χ2n) is 7.36. The van der Waals surface area contributed by atoms with Gasteiger partial charge in [0.05, 0.1) is 17.9 Å². The Morgan fingerprint density at radius 1 is 1.21 bits per heavy atom. The van der Waals surface area contributed by atoms with E-state index in [1.165, 1.54) is 22.2 Å². The second kappa shape index (κ2) is 9.72. The summed E-state index contributed by atoms with van der Waals surface area (Å²) >= 11 is 1.47. The number of benzene rings is 1. The summed E-state index contributed by atoms with van der Waals surface area (Å²) in [6, 6.07) is 12.0. The highest BCUT2D eigenvalue weighted by Crippen LogP contribution is 2.21. The maximum absolute atomic E-state index is 12.1. The SMILES string of the molecule is C[C@H](CO)NC(=O)c1ccc(COc2nn(C(=N)c3ccsc3)c(=N)c3ccccc23)nc1. The van der Waals surface area contributed by atoms with Crippen molar-refractivity contribution in [1.29, 1.82) is 10.8 Å². The van der Waals surface area contributed by atoms with Crippen LogP contribution in [-0.4, -0.2) is 44.3 Å². The molecule has 0 unspecified atom stereocenters. The smallest absolute Gasteiger partial charge is 0.253 e. The maximum Gasteiger partial charge on any atom is 0.253 e. The Bertz CT molecular complexity index is 1350. The quantitative estimate of drug-likeness (QED) is 0.247. The van der Waals surface area contributed by atoms with E-state index in [4.69, 9.17) is 20.7 Å². The summed E-state index contributed by atoms with van der Waals surface area (Å²) in [5.41, 5.74) is 1.73. The van der Waals surface area contributed by atoms with Crippen molar-refractivity contribution in [1.82, 2.24) is 20.1 Å². The summed E-state index contributed by atoms with van der Waals surface area (Å²) in [5.74, 6) is 0.0487. The molecule has 3 aromatic heterocycles. The molecule has 3 heterocycles. The molecule has 0 saturated heterocycles. The number of fused-ring (bicyclic) bond motifs is 1. The Balaban J connectivity index is 1.59. The molecule has 33 heavy (non-hydrogen) atoms. The third kappa shape index (κ3) is 4.81. The first-order valence-corrected chi connectivity index (χ1v) is 11.1. The van der Waals surface area contributed by atoms with Crippen LogP contribution in [0.5, 0.6) is 5.88 Å². The summed E-state index contributed by atoms with van der Waals surface area (Å²) in [4.78, 5) is 16.4. The van der Waals surface area contributed by atoms with Gasteiger partial charge in [-0.3, -0.25) is 20.6 Å². The third-order valence-corrected chi connectivity index (χ3v) is 5.60. The number of carbonyl (C=O) groups is 1. The lowest BCUT2D eigenvalue weighted by atomic mass is 10.2. The summed E-state index contributed by atoms with van der Waals surface area (Å²) < 4.78 is 7.20. The van der Waals surface area contributed by atoms with E-state index < -0.39 is 0 Å². The molecule has 1 atom stereocenters. The Kier molecular flexibility index (Phi) is 6.57. The zero-order valence-corrected chi connectivity index (χ0v) is 18.6. The number of aliphatic hydroxyl groups excluding tert-OH is 1. The van der Waals surface area contributed by atoms with Gasteiger partial charge in [0.15, 0.2) is 11.3 Å². The van der Waals surface area contributed by atoms with E-state index in [2.05, 4.69) is 15.4 Å². The number of aromatic nitrogens is 3. The van der Waals surface area contributed by atoms with Crippen molar-refractivity contribution in [3.63, 3.8) is 0 Å². The highest BCUT2D eigenvalue weighted by Gasteiger charge is 2.15. The fourth-order valence-corrected chi connectivity index (χ4v) is 3.75. The molecule has 4 N–H and O–H groups in total. The molecule has 10 heteroatoms. The predicted molar refractivity (Wildman–Crippen MR) is 125 cm³/mol. The zero-order valence-electron chi connectivity index (χ0n) is 17.8. The molecule has 0 bridgehead atoms. The fourth-order valence-electron chi connectivity index (χ4n) is 3.11. The van der Waals surface area contributed by atoms with Crippen molar-refractivity contribution in [3.05, 3.63) is 81.7 Å². The van der Waals surface area contributed by atoms with Crippen LogP contribution in [0.25, 0.3) is 10.8 Å². The number of rotatable bonds is 7. The lowest BCUT2D eigenvalue weighted by Gasteiger charge is -2.13. The van der Waals surface area contributed by atoms with Crippen molar-refractivity contribution in [2.75, 3.05) is 6.61 Å². The number of hydrogen-bond donors (Lipinski definition) is 4. The second-order valence-corrected chi connectivity index (χ2v) is 8.14. The van der Waals surface area contributed by atoms with Gasteiger partial charge in [-0.05, 0) is 36.6 Å². The van der Waals surface area contributed by atoms with Crippen LogP contribution in [0.2, 0.25) is 0 Å². The van der Waals surface area contributed by atoms with E-state index in [-0.39, 0.29) is 42.4 Å². The number of nitrogens with one attached hydrogen (secondary N) is 3. The van der Waals surface area contributed by atoms with Gasteiger partial charge >= 0.3 is 0 Å². The third-order valence-electron chi connectivity index (χ3n) is 4.92. The molecule has 4 aromatic rings. The standard InChI is InChI=1S/C23H22N6O3S/c1-14(11-30)27-22(31)15-6-7-17(26-10-15)12-32-23-19-5-3-2-4-18(19)21(25)29(28-23)20(24)16-8-9-33-13-16/h2-10,13-14,24-25,30H,11-12H2,1H3,(H,27,31)/t14-/m1/s1. The van der Waals surface area contributed by atoms with Crippen LogP contribution in [0.4, 0.5) is 0 Å². The number of hydrogen-bond acceptors (Lipinski definition) is 8. The molecule has 0 aliphatic heterocycles. The Hall–Kier alpha value is -3.89. The average Bonchev–Trinajstić information content (AvgIpc) is 3.38. The predicted octanol–water partition coefficient (Wildman–Crippen LogP) is 2.54. The lowest BCUT2D eigenvalue weighted by molar-refractivity contribution is 0.0922. The van der Waals surface area contributed by atoms with Crippen molar-refractivity contribution < 1.29 is 14.6 Å². The van der Waals surface area contributed by atoms with Crippen molar-refractivity contribution in [2.24, 2.45) is 0 Å². The number of carbonyl (C=O) groups excluding carboxylic acids is 1. The van der Waals surface area contributed by atoms with E-state index in [1.807, 2.05) is 29.0 Å². The van der Waals surface area contributed by atoms with Crippen LogP contribution in [-0.2, 0) is 6.61 Å². The first kappa shape index (κ1) is 22.3. The molecule has 1 amide bonds. The van der Waals surface area contributed by atoms with Gasteiger partial charge in [-0.2, -0.15) is 16.0 Å². The van der Waals surface area contributed by atoms with Gasteiger partial charge < -0.3 is 15.2 Å². The number of aliphatic hydroxyl groups is 1. The van der Waals surface area contributed by atoms with Crippen LogP contribution in [0.15, 0.2) is 59.4 Å². The molecule has 0 radical (unpaired) electrons. The molecule has 0 fully saturated rings. The lowest BCUT2D eigenvalue weighted by Crippen LogP contribution is -2.35. The van der Waals surface area contributed by atoms with Crippen LogP contribution >= 0.6 is 11.3 Å². The monoisotopic (exact) mass is 462 g/mol. The molecule has 9 nitrogen and oxygen atoms in total. The van der Waals surface area contributed by atoms with Gasteiger partial charge in [0.2, 0.25) is 5.88 Å². The minimum Gasteiger partial charge on any atom is -0.470 e. The highest BCUT2D eigenvalue weighted by molar-refractivity contribution is 7.08. The van der Waals surface area contributed by atoms with Crippen LogP contribution in [0, 0.1) is 10.8 Å². The molecule has 0 saturated carbocycles. The molecule has 0 aliphatic carbocycles. The van der Waals surface area contributed by atoms with E-state index in [0.29, 0.717) is 27.6 Å². The van der Waals surface area contributed by atoms with Gasteiger partial charge in [0, 0.05) is 34.0 Å². The number of thiophene rings is 1. The van der Waals surface area contributed by atoms with Crippen LogP contribution < -0.4 is 15.5 Å². The van der Waals surface area contributed by atoms with Gasteiger partial charge in [-0.15, -0.1) is 5.10 Å². The topological polar surface area (TPSA) is 137 Å². The summed E-state index contributed by atoms with van der Waals surface area (Å²) in [7, 11) is 0. The minimum atomic E-state index is -0.348. The average molecular weight is 463 g/mol. The van der Waals surface area contributed by atoms with E-state index in [9.17, 15) is 4.79 Å². The van der Waals surface area contributed by atoms with Crippen LogP contribution in [0.1, 0.15) is 28.5 Å². The van der Waals surface area contributed by atoms with Gasteiger partial charge in [-0.1, -0.05) is 18.2 Å². The highest BCUT2D eigenvalue weighted by atomic mass is 32.1. The fraction of sp³-hybridized carbons (Fsp3) is 0.174. The van der Waals surface area contributed by atoms with E-state index in [0.717, 1.165) is 0 Å². The van der Waals surface area contributed by atoms with Gasteiger partial charge in [0.1, 0.15) is 6.61 Å². The summed E-state index contributed by atoms with van der Waals surface area (Å²) in [6.45, 7) is 1.65.